The molecule has 1 aromatic heterocycles. The summed E-state index contributed by atoms with van der Waals surface area (Å²) in [6.45, 7) is 7.58. The van der Waals surface area contributed by atoms with Gasteiger partial charge in [-0.25, -0.2) is 4.98 Å². The zero-order valence-electron chi connectivity index (χ0n) is 12.4. The topological polar surface area (TPSA) is 65.6 Å². The second-order valence-electron chi connectivity index (χ2n) is 5.76. The molecular formula is C14H22ClFN4O. The highest BCUT2D eigenvalue weighted by Gasteiger charge is 2.26. The van der Waals surface area contributed by atoms with E-state index in [-0.39, 0.29) is 29.3 Å². The number of rotatable bonds is 4. The van der Waals surface area contributed by atoms with Crippen LogP contribution in [0.2, 0.25) is 5.02 Å². The van der Waals surface area contributed by atoms with Crippen LogP contribution in [0, 0.1) is 11.9 Å². The molecule has 118 valence electrons. The van der Waals surface area contributed by atoms with Gasteiger partial charge in [0.15, 0.2) is 0 Å². The maximum absolute atomic E-state index is 13.6. The fourth-order valence-corrected chi connectivity index (χ4v) is 2.79. The lowest BCUT2D eigenvalue weighted by molar-refractivity contribution is 0.156. The number of aliphatic hydroxyl groups excluding tert-OH is 1. The van der Waals surface area contributed by atoms with E-state index in [0.717, 1.165) is 26.2 Å². The molecule has 0 aromatic carbocycles. The summed E-state index contributed by atoms with van der Waals surface area (Å²) in [6, 6.07) is 1.81. The molecule has 2 rings (SSSR count). The Morgan fingerprint density at radius 1 is 1.57 bits per heavy atom. The molecule has 7 heteroatoms. The number of nitrogen functional groups attached to an aromatic ring is 1. The lowest BCUT2D eigenvalue weighted by Gasteiger charge is -2.41. The van der Waals surface area contributed by atoms with E-state index in [2.05, 4.69) is 16.8 Å². The van der Waals surface area contributed by atoms with Crippen LogP contribution in [-0.2, 0) is 0 Å². The predicted molar refractivity (Wildman–Crippen MR) is 83.1 cm³/mol. The van der Waals surface area contributed by atoms with Crippen LogP contribution in [0.15, 0.2) is 6.07 Å². The first-order valence-electron chi connectivity index (χ1n) is 7.13. The Balaban J connectivity index is 2.07. The molecule has 2 heterocycles. The molecule has 0 bridgehead atoms. The standard InChI is InChI=1S/C14H22ClFN4O/c1-9(8-21)6-19-3-4-20(10(2)7-19)12-5-11(17)13(15)14(16)18-12/h5,9-10,21H,3-4,6-8H2,1-2H3,(H2,17,18)/t9-,10-/m0/s1. The molecule has 0 radical (unpaired) electrons. The van der Waals surface area contributed by atoms with Gasteiger partial charge in [0.25, 0.3) is 0 Å². The van der Waals surface area contributed by atoms with Gasteiger partial charge in [-0.3, -0.25) is 4.90 Å². The molecule has 1 saturated heterocycles. The quantitative estimate of drug-likeness (QED) is 0.826. The molecule has 0 spiro atoms. The number of halogens is 2. The lowest BCUT2D eigenvalue weighted by Crippen LogP contribution is -2.53. The fraction of sp³-hybridized carbons (Fsp3) is 0.643. The van der Waals surface area contributed by atoms with Gasteiger partial charge >= 0.3 is 0 Å². The van der Waals surface area contributed by atoms with E-state index in [1.807, 2.05) is 11.8 Å². The number of hydrogen-bond donors (Lipinski definition) is 2. The van der Waals surface area contributed by atoms with E-state index in [0.29, 0.717) is 5.82 Å². The molecule has 1 aliphatic rings. The number of hydrogen-bond acceptors (Lipinski definition) is 5. The Bertz CT molecular complexity index is 479. The highest BCUT2D eigenvalue weighted by Crippen LogP contribution is 2.27. The first-order chi connectivity index (χ1) is 9.92. The van der Waals surface area contributed by atoms with Crippen LogP contribution in [0.25, 0.3) is 0 Å². The van der Waals surface area contributed by atoms with Gasteiger partial charge in [-0.2, -0.15) is 4.39 Å². The summed E-state index contributed by atoms with van der Waals surface area (Å²) in [5.41, 5.74) is 5.92. The largest absolute Gasteiger partial charge is 0.397 e. The van der Waals surface area contributed by atoms with E-state index in [1.165, 1.54) is 0 Å². The highest BCUT2D eigenvalue weighted by atomic mass is 35.5. The molecule has 0 unspecified atom stereocenters. The number of nitrogens with two attached hydrogens (primary N) is 1. The fourth-order valence-electron chi connectivity index (χ4n) is 2.69. The maximum atomic E-state index is 13.6. The van der Waals surface area contributed by atoms with Crippen molar-refractivity contribution in [1.82, 2.24) is 9.88 Å². The van der Waals surface area contributed by atoms with Gasteiger partial charge < -0.3 is 15.7 Å². The van der Waals surface area contributed by atoms with Gasteiger partial charge in [0.1, 0.15) is 10.8 Å². The van der Waals surface area contributed by atoms with Gasteiger partial charge in [-0.15, -0.1) is 0 Å². The second-order valence-corrected chi connectivity index (χ2v) is 6.14. The van der Waals surface area contributed by atoms with Crippen LogP contribution >= 0.6 is 11.6 Å². The average molecular weight is 317 g/mol. The van der Waals surface area contributed by atoms with Crippen molar-refractivity contribution < 1.29 is 9.50 Å². The third-order valence-electron chi connectivity index (χ3n) is 3.82. The third kappa shape index (κ3) is 3.75. The van der Waals surface area contributed by atoms with Crippen molar-refractivity contribution in [3.8, 4) is 0 Å². The Morgan fingerprint density at radius 3 is 2.86 bits per heavy atom. The molecule has 0 aliphatic carbocycles. The minimum Gasteiger partial charge on any atom is -0.397 e. The van der Waals surface area contributed by atoms with Crippen LogP contribution < -0.4 is 10.6 Å². The first-order valence-corrected chi connectivity index (χ1v) is 7.51. The van der Waals surface area contributed by atoms with Crippen LogP contribution in [0.4, 0.5) is 15.9 Å². The third-order valence-corrected chi connectivity index (χ3v) is 4.19. The number of nitrogens with zero attached hydrogens (tertiary/aromatic N) is 3. The van der Waals surface area contributed by atoms with E-state index < -0.39 is 5.95 Å². The Labute approximate surface area is 129 Å². The van der Waals surface area contributed by atoms with E-state index in [4.69, 9.17) is 22.4 Å². The summed E-state index contributed by atoms with van der Waals surface area (Å²) >= 11 is 5.71. The summed E-state index contributed by atoms with van der Waals surface area (Å²) in [7, 11) is 0. The van der Waals surface area contributed by atoms with Gasteiger partial charge in [-0.05, 0) is 12.8 Å². The monoisotopic (exact) mass is 316 g/mol. The lowest BCUT2D eigenvalue weighted by atomic mass is 10.1. The number of pyridine rings is 1. The molecule has 5 nitrogen and oxygen atoms in total. The zero-order chi connectivity index (χ0) is 15.6. The van der Waals surface area contributed by atoms with Gasteiger partial charge in [0.05, 0.1) is 5.69 Å². The molecule has 1 aliphatic heterocycles. The van der Waals surface area contributed by atoms with Crippen LogP contribution in [-0.4, -0.2) is 53.8 Å². The first kappa shape index (κ1) is 16.3. The van der Waals surface area contributed by atoms with Crippen LogP contribution in [0.5, 0.6) is 0 Å². The van der Waals surface area contributed by atoms with Crippen molar-refractivity contribution in [3.63, 3.8) is 0 Å². The van der Waals surface area contributed by atoms with Crippen molar-refractivity contribution >= 4 is 23.1 Å². The molecule has 0 amide bonds. The van der Waals surface area contributed by atoms with Gasteiger partial charge in [0.2, 0.25) is 5.95 Å². The zero-order valence-corrected chi connectivity index (χ0v) is 13.1. The normalized spacial score (nSPS) is 21.6. The number of aliphatic hydroxyl groups is 1. The maximum Gasteiger partial charge on any atom is 0.235 e. The summed E-state index contributed by atoms with van der Waals surface area (Å²) < 4.78 is 13.6. The number of anilines is 2. The Morgan fingerprint density at radius 2 is 2.29 bits per heavy atom. The summed E-state index contributed by atoms with van der Waals surface area (Å²) in [4.78, 5) is 8.24. The van der Waals surface area contributed by atoms with Gasteiger partial charge in [-0.1, -0.05) is 18.5 Å². The molecule has 1 fully saturated rings. The smallest absolute Gasteiger partial charge is 0.235 e. The van der Waals surface area contributed by atoms with Crippen molar-refractivity contribution in [2.45, 2.75) is 19.9 Å². The van der Waals surface area contributed by atoms with E-state index in [1.54, 1.807) is 6.07 Å². The Kier molecular flexibility index (Phi) is 5.24. The SMILES string of the molecule is C[C@H](CO)CN1CCN(c2cc(N)c(Cl)c(F)n2)[C@@H](C)C1. The van der Waals surface area contributed by atoms with E-state index >= 15 is 0 Å². The van der Waals surface area contributed by atoms with Crippen LogP contribution in [0.3, 0.4) is 0 Å². The van der Waals surface area contributed by atoms with Crippen molar-refractivity contribution in [2.24, 2.45) is 5.92 Å². The molecule has 2 atom stereocenters. The minimum absolute atomic E-state index is 0.123. The number of piperazine rings is 1. The number of aromatic nitrogens is 1. The van der Waals surface area contributed by atoms with Gasteiger partial charge in [0, 0.05) is 44.9 Å². The van der Waals surface area contributed by atoms with Crippen molar-refractivity contribution in [1.29, 1.82) is 0 Å². The molecule has 21 heavy (non-hydrogen) atoms. The molecular weight excluding hydrogens is 295 g/mol. The molecule has 1 aromatic rings. The molecule has 0 saturated carbocycles. The van der Waals surface area contributed by atoms with Crippen molar-refractivity contribution in [2.75, 3.05) is 43.4 Å². The summed E-state index contributed by atoms with van der Waals surface area (Å²) in [6.07, 6.45) is 0. The summed E-state index contributed by atoms with van der Waals surface area (Å²) in [5, 5.41) is 9.01. The van der Waals surface area contributed by atoms with E-state index in [9.17, 15) is 4.39 Å². The summed E-state index contributed by atoms with van der Waals surface area (Å²) in [5.74, 6) is 0.0532. The Hall–Kier alpha value is -1.11. The minimum atomic E-state index is -0.727. The second kappa shape index (κ2) is 6.77. The highest BCUT2D eigenvalue weighted by molar-refractivity contribution is 6.33. The predicted octanol–water partition coefficient (Wildman–Crippen LogP) is 1.60. The molecule has 3 N–H and O–H groups in total. The average Bonchev–Trinajstić information content (AvgIpc) is 2.44. The van der Waals surface area contributed by atoms with Crippen LogP contribution in [0.1, 0.15) is 13.8 Å². The van der Waals surface area contributed by atoms with Crippen molar-refractivity contribution in [3.05, 3.63) is 17.0 Å².